The summed E-state index contributed by atoms with van der Waals surface area (Å²) < 4.78 is 27.2. The van der Waals surface area contributed by atoms with Crippen LogP contribution in [-0.2, 0) is 0 Å². The van der Waals surface area contributed by atoms with Crippen molar-refractivity contribution in [3.8, 4) is 51.0 Å². The van der Waals surface area contributed by atoms with Gasteiger partial charge in [0.2, 0.25) is 0 Å². The number of fused-ring (bicyclic) bond motifs is 21. The second-order valence-corrected chi connectivity index (χ2v) is 22.0. The number of hydrogen-bond acceptors (Lipinski definition) is 5. The molecule has 19 aromatic rings. The van der Waals surface area contributed by atoms with Gasteiger partial charge in [0.05, 0.1) is 44.5 Å². The highest BCUT2D eigenvalue weighted by atomic mass is 16.3. The van der Waals surface area contributed by atoms with Crippen molar-refractivity contribution < 1.29 is 13.3 Å². The zero-order chi connectivity index (χ0) is 54.7. The predicted molar refractivity (Wildman–Crippen MR) is 343 cm³/mol. The molecule has 7 aromatic heterocycles. The second kappa shape index (κ2) is 17.0. The van der Waals surface area contributed by atoms with Crippen molar-refractivity contribution in [2.75, 3.05) is 0 Å². The lowest BCUT2D eigenvalue weighted by atomic mass is 10.1. The molecule has 12 aromatic carbocycles. The Labute approximate surface area is 477 Å². The zero-order valence-corrected chi connectivity index (χ0v) is 44.8. The predicted octanol–water partition coefficient (Wildman–Crippen LogP) is 20.5. The zero-order valence-electron chi connectivity index (χ0n) is 44.8. The molecular formula is C76H43N5O3. The Bertz CT molecular complexity index is 5740. The molecule has 0 amide bonds. The van der Waals surface area contributed by atoms with E-state index in [0.717, 1.165) is 166 Å². The van der Waals surface area contributed by atoms with Gasteiger partial charge in [-0.1, -0.05) is 164 Å². The van der Waals surface area contributed by atoms with Gasteiger partial charge in [0, 0.05) is 98.4 Å². The molecule has 0 spiro atoms. The molecule has 8 nitrogen and oxygen atoms in total. The molecule has 0 aliphatic heterocycles. The molecule has 0 fully saturated rings. The molecule has 19 rings (SSSR count). The summed E-state index contributed by atoms with van der Waals surface area (Å²) in [5.41, 5.74) is 19.0. The van der Waals surface area contributed by atoms with E-state index in [1.807, 2.05) is 36.4 Å². The van der Waals surface area contributed by atoms with Gasteiger partial charge in [-0.15, -0.1) is 0 Å². The van der Waals surface area contributed by atoms with E-state index in [1.165, 1.54) is 10.8 Å². The third-order valence-electron chi connectivity index (χ3n) is 17.5. The topological polar surface area (TPSA) is 80.0 Å². The molecule has 0 saturated heterocycles. The summed E-state index contributed by atoms with van der Waals surface area (Å²) >= 11 is 0. The number of rotatable bonds is 6. The maximum atomic E-state index is 6.75. The normalized spacial score (nSPS) is 12.3. The maximum absolute atomic E-state index is 6.75. The van der Waals surface area contributed by atoms with E-state index in [2.05, 4.69) is 238 Å². The van der Waals surface area contributed by atoms with Crippen molar-refractivity contribution in [3.05, 3.63) is 261 Å². The summed E-state index contributed by atoms with van der Waals surface area (Å²) in [6.07, 6.45) is 0. The first-order chi connectivity index (χ1) is 41.6. The van der Waals surface area contributed by atoms with Gasteiger partial charge in [-0.3, -0.25) is 0 Å². The van der Waals surface area contributed by atoms with Crippen LogP contribution in [0.2, 0.25) is 0 Å². The quantitative estimate of drug-likeness (QED) is 0.166. The average Bonchev–Trinajstić information content (AvgIpc) is 2.43. The molecule has 7 heterocycles. The monoisotopic (exact) mass is 1070 g/mol. The highest BCUT2D eigenvalue weighted by Gasteiger charge is 2.24. The number of para-hydroxylation sites is 6. The van der Waals surface area contributed by atoms with E-state index in [1.54, 1.807) is 0 Å². The number of furan rings is 3. The number of hydrogen-bond donors (Lipinski definition) is 0. The Morgan fingerprint density at radius 1 is 0.238 bits per heavy atom. The molecule has 0 aliphatic rings. The van der Waals surface area contributed by atoms with Gasteiger partial charge in [-0.2, -0.15) is 0 Å². The fourth-order valence-corrected chi connectivity index (χ4v) is 13.7. The highest BCUT2D eigenvalue weighted by Crippen LogP contribution is 2.45. The van der Waals surface area contributed by atoms with Crippen molar-refractivity contribution in [2.24, 2.45) is 0 Å². The summed E-state index contributed by atoms with van der Waals surface area (Å²) in [5, 5.41) is 13.5. The molecule has 0 bridgehead atoms. The molecule has 0 aliphatic carbocycles. The Kier molecular flexibility index (Phi) is 9.18. The lowest BCUT2D eigenvalue weighted by Crippen LogP contribution is -1.99. The number of nitrogens with zero attached hydrogens (tertiary/aromatic N) is 5. The highest BCUT2D eigenvalue weighted by molar-refractivity contribution is 6.24. The smallest absolute Gasteiger partial charge is 0.160 e. The Morgan fingerprint density at radius 3 is 0.988 bits per heavy atom. The lowest BCUT2D eigenvalue weighted by molar-refractivity contribution is 0.670. The van der Waals surface area contributed by atoms with Gasteiger partial charge in [-0.25, -0.2) is 9.97 Å². The van der Waals surface area contributed by atoms with Gasteiger partial charge in [0.1, 0.15) is 16.7 Å². The number of benzene rings is 12. The maximum Gasteiger partial charge on any atom is 0.160 e. The van der Waals surface area contributed by atoms with Crippen molar-refractivity contribution in [3.63, 3.8) is 0 Å². The molecule has 0 radical (unpaired) electrons. The first kappa shape index (κ1) is 45.3. The minimum absolute atomic E-state index is 0.608. The summed E-state index contributed by atoms with van der Waals surface area (Å²) in [6, 6.07) is 92.3. The molecule has 0 saturated carbocycles. The average molecular weight is 1070 g/mol. The van der Waals surface area contributed by atoms with Crippen LogP contribution >= 0.6 is 0 Å². The van der Waals surface area contributed by atoms with Gasteiger partial charge in [0.25, 0.3) is 0 Å². The molecule has 84 heavy (non-hydrogen) atoms. The standard InChI is InChI=1S/C76H43N5O3/c1-7-22-64-50(16-1)56-36-39-59-53-19-4-10-25-67(53)82-73(59)70(56)79(64)47-32-28-44(29-33-47)62-43-63(45-30-34-48(35-31-45)80-65-23-8-2-17-51(65)57-37-40-60-54-20-5-11-26-68(54)83-74(60)71(57)80)78-76(77-62)46-14-13-15-49(42-46)81-66-24-9-3-18-52(66)58-38-41-61-55-21-6-12-27-69(55)84-75(61)72(58)81/h1-43H. The summed E-state index contributed by atoms with van der Waals surface area (Å²) in [5.74, 6) is 0.608. The van der Waals surface area contributed by atoms with Crippen LogP contribution in [0.3, 0.4) is 0 Å². The SMILES string of the molecule is c1cc(-c2nc(-c3ccc(-n4c5ccccc5c5ccc6c7ccccc7oc6c54)cc3)cc(-c3ccc(-n4c5ccccc5c5ccc6c7ccccc7oc6c54)cc3)n2)cc(-n2c3ccccc3c3ccc4c5ccccc5oc4c32)c1. The molecular weight excluding hydrogens is 1030 g/mol. The van der Waals surface area contributed by atoms with Crippen molar-refractivity contribution in [1.82, 2.24) is 23.7 Å². The van der Waals surface area contributed by atoms with E-state index in [0.29, 0.717) is 5.82 Å². The fraction of sp³-hybridized carbons (Fsp3) is 0. The van der Waals surface area contributed by atoms with E-state index in [9.17, 15) is 0 Å². The third-order valence-corrected chi connectivity index (χ3v) is 17.5. The summed E-state index contributed by atoms with van der Waals surface area (Å²) in [7, 11) is 0. The Morgan fingerprint density at radius 2 is 0.583 bits per heavy atom. The molecule has 0 atom stereocenters. The van der Waals surface area contributed by atoms with Crippen LogP contribution in [0.25, 0.3) is 182 Å². The lowest BCUT2D eigenvalue weighted by Gasteiger charge is -2.13. The van der Waals surface area contributed by atoms with E-state index >= 15 is 0 Å². The van der Waals surface area contributed by atoms with Crippen LogP contribution in [0.5, 0.6) is 0 Å². The van der Waals surface area contributed by atoms with E-state index in [4.69, 9.17) is 23.2 Å². The van der Waals surface area contributed by atoms with Crippen LogP contribution in [0.4, 0.5) is 0 Å². The summed E-state index contributed by atoms with van der Waals surface area (Å²) in [6.45, 7) is 0. The Balaban J connectivity index is 0.793. The van der Waals surface area contributed by atoms with Crippen LogP contribution in [-0.4, -0.2) is 23.7 Å². The first-order valence-electron chi connectivity index (χ1n) is 28.4. The van der Waals surface area contributed by atoms with Gasteiger partial charge in [0.15, 0.2) is 22.6 Å². The van der Waals surface area contributed by atoms with Crippen molar-refractivity contribution in [2.45, 2.75) is 0 Å². The van der Waals surface area contributed by atoms with Gasteiger partial charge in [-0.05, 0) is 97.1 Å². The Hall–Kier alpha value is -11.5. The molecule has 0 unspecified atom stereocenters. The van der Waals surface area contributed by atoms with Crippen LogP contribution in [0.1, 0.15) is 0 Å². The second-order valence-electron chi connectivity index (χ2n) is 22.0. The van der Waals surface area contributed by atoms with Crippen LogP contribution < -0.4 is 0 Å². The van der Waals surface area contributed by atoms with Crippen molar-refractivity contribution in [1.29, 1.82) is 0 Å². The largest absolute Gasteiger partial charge is 0.454 e. The van der Waals surface area contributed by atoms with Gasteiger partial charge < -0.3 is 27.0 Å². The van der Waals surface area contributed by atoms with Crippen molar-refractivity contribution >= 4 is 131 Å². The molecule has 390 valence electrons. The third kappa shape index (κ3) is 6.36. The van der Waals surface area contributed by atoms with E-state index < -0.39 is 0 Å². The fourth-order valence-electron chi connectivity index (χ4n) is 13.7. The first-order valence-corrected chi connectivity index (χ1v) is 28.4. The van der Waals surface area contributed by atoms with E-state index in [-0.39, 0.29) is 0 Å². The molecule has 0 N–H and O–H groups in total. The minimum Gasteiger partial charge on any atom is -0.454 e. The minimum atomic E-state index is 0.608. The van der Waals surface area contributed by atoms with Crippen LogP contribution in [0.15, 0.2) is 274 Å². The summed E-state index contributed by atoms with van der Waals surface area (Å²) in [4.78, 5) is 11.0. The van der Waals surface area contributed by atoms with Gasteiger partial charge >= 0.3 is 0 Å². The van der Waals surface area contributed by atoms with Crippen LogP contribution in [0, 0.1) is 0 Å². The molecule has 8 heteroatoms. The number of aromatic nitrogens is 5.